The van der Waals surface area contributed by atoms with Gasteiger partial charge in [0, 0.05) is 6.54 Å². The van der Waals surface area contributed by atoms with Crippen molar-refractivity contribution in [1.29, 1.82) is 0 Å². The van der Waals surface area contributed by atoms with Crippen LogP contribution in [-0.4, -0.2) is 35.7 Å². The van der Waals surface area contributed by atoms with Gasteiger partial charge in [0.1, 0.15) is 0 Å². The fourth-order valence-corrected chi connectivity index (χ4v) is 2.21. The fourth-order valence-electron chi connectivity index (χ4n) is 2.21. The SMILES string of the molecule is CC(O)CCN1CCC(C(C)C)CC1. The van der Waals surface area contributed by atoms with E-state index in [2.05, 4.69) is 18.7 Å². The van der Waals surface area contributed by atoms with Crippen LogP contribution in [-0.2, 0) is 0 Å². The molecule has 84 valence electrons. The summed E-state index contributed by atoms with van der Waals surface area (Å²) in [6, 6.07) is 0. The van der Waals surface area contributed by atoms with Gasteiger partial charge in [0.2, 0.25) is 0 Å². The van der Waals surface area contributed by atoms with Crippen molar-refractivity contribution in [3.8, 4) is 0 Å². The van der Waals surface area contributed by atoms with Crippen LogP contribution in [0, 0.1) is 11.8 Å². The van der Waals surface area contributed by atoms with E-state index in [1.54, 1.807) is 0 Å². The molecular weight excluding hydrogens is 174 g/mol. The second-order valence-corrected chi connectivity index (χ2v) is 5.06. The Hall–Kier alpha value is -0.0800. The Morgan fingerprint density at radius 1 is 1.21 bits per heavy atom. The minimum Gasteiger partial charge on any atom is -0.393 e. The van der Waals surface area contributed by atoms with Gasteiger partial charge in [-0.2, -0.15) is 0 Å². The highest BCUT2D eigenvalue weighted by molar-refractivity contribution is 4.74. The van der Waals surface area contributed by atoms with Crippen molar-refractivity contribution < 1.29 is 5.11 Å². The van der Waals surface area contributed by atoms with Crippen molar-refractivity contribution in [2.45, 2.75) is 46.1 Å². The standard InChI is InChI=1S/C12H25NO/c1-10(2)12-5-8-13(9-6-12)7-4-11(3)14/h10-12,14H,4-9H2,1-3H3. The van der Waals surface area contributed by atoms with E-state index in [0.29, 0.717) is 0 Å². The molecule has 1 N–H and O–H groups in total. The molecule has 1 fully saturated rings. The molecule has 2 heteroatoms. The van der Waals surface area contributed by atoms with Crippen LogP contribution >= 0.6 is 0 Å². The van der Waals surface area contributed by atoms with E-state index in [9.17, 15) is 5.11 Å². The van der Waals surface area contributed by atoms with E-state index in [4.69, 9.17) is 0 Å². The highest BCUT2D eigenvalue weighted by Gasteiger charge is 2.21. The summed E-state index contributed by atoms with van der Waals surface area (Å²) in [6.07, 6.45) is 3.47. The van der Waals surface area contributed by atoms with E-state index in [-0.39, 0.29) is 6.10 Å². The minimum atomic E-state index is -0.141. The molecule has 0 radical (unpaired) electrons. The smallest absolute Gasteiger partial charge is 0.0524 e. The Balaban J connectivity index is 2.16. The predicted octanol–water partition coefficient (Wildman–Crippen LogP) is 2.13. The molecule has 1 aliphatic rings. The van der Waals surface area contributed by atoms with Crippen molar-refractivity contribution in [1.82, 2.24) is 4.90 Å². The third-order valence-corrected chi connectivity index (χ3v) is 3.44. The first-order valence-corrected chi connectivity index (χ1v) is 6.00. The van der Waals surface area contributed by atoms with Crippen molar-refractivity contribution in [3.05, 3.63) is 0 Å². The number of nitrogens with zero attached hydrogens (tertiary/aromatic N) is 1. The lowest BCUT2D eigenvalue weighted by molar-refractivity contribution is 0.122. The molecule has 1 heterocycles. The molecule has 0 aliphatic carbocycles. The summed E-state index contributed by atoms with van der Waals surface area (Å²) < 4.78 is 0. The van der Waals surface area contributed by atoms with Gasteiger partial charge in [-0.25, -0.2) is 0 Å². The van der Waals surface area contributed by atoms with Crippen LogP contribution in [0.5, 0.6) is 0 Å². The van der Waals surface area contributed by atoms with Crippen LogP contribution in [0.4, 0.5) is 0 Å². The number of hydrogen-bond donors (Lipinski definition) is 1. The Morgan fingerprint density at radius 2 is 1.79 bits per heavy atom. The summed E-state index contributed by atoms with van der Waals surface area (Å²) in [5.74, 6) is 1.77. The molecule has 0 saturated carbocycles. The third-order valence-electron chi connectivity index (χ3n) is 3.44. The number of aliphatic hydroxyl groups excluding tert-OH is 1. The monoisotopic (exact) mass is 199 g/mol. The molecule has 0 amide bonds. The highest BCUT2D eigenvalue weighted by atomic mass is 16.3. The lowest BCUT2D eigenvalue weighted by Crippen LogP contribution is -2.36. The van der Waals surface area contributed by atoms with Crippen molar-refractivity contribution in [2.24, 2.45) is 11.8 Å². The summed E-state index contributed by atoms with van der Waals surface area (Å²) in [5, 5.41) is 9.20. The van der Waals surface area contributed by atoms with Gasteiger partial charge in [-0.3, -0.25) is 0 Å². The Kier molecular flexibility index (Phi) is 4.90. The van der Waals surface area contributed by atoms with Crippen LogP contribution in [0.25, 0.3) is 0 Å². The van der Waals surface area contributed by atoms with Crippen LogP contribution in [0.2, 0.25) is 0 Å². The van der Waals surface area contributed by atoms with Gasteiger partial charge in [-0.15, -0.1) is 0 Å². The third kappa shape index (κ3) is 3.97. The molecule has 1 atom stereocenters. The fraction of sp³-hybridized carbons (Fsp3) is 1.00. The largest absolute Gasteiger partial charge is 0.393 e. The van der Waals surface area contributed by atoms with E-state index >= 15 is 0 Å². The molecule has 1 saturated heterocycles. The summed E-state index contributed by atoms with van der Waals surface area (Å²) in [6.45, 7) is 10.1. The molecule has 0 aromatic rings. The average molecular weight is 199 g/mol. The van der Waals surface area contributed by atoms with Crippen molar-refractivity contribution in [3.63, 3.8) is 0 Å². The first-order chi connectivity index (χ1) is 6.59. The number of hydrogen-bond acceptors (Lipinski definition) is 2. The zero-order valence-corrected chi connectivity index (χ0v) is 9.87. The van der Waals surface area contributed by atoms with Crippen LogP contribution in [0.1, 0.15) is 40.0 Å². The molecule has 1 unspecified atom stereocenters. The molecule has 0 bridgehead atoms. The van der Waals surface area contributed by atoms with Crippen molar-refractivity contribution >= 4 is 0 Å². The summed E-state index contributed by atoms with van der Waals surface area (Å²) in [5.41, 5.74) is 0. The second-order valence-electron chi connectivity index (χ2n) is 5.06. The Labute approximate surface area is 88.3 Å². The van der Waals surface area contributed by atoms with Crippen LogP contribution in [0.15, 0.2) is 0 Å². The zero-order valence-electron chi connectivity index (χ0n) is 9.87. The van der Waals surface area contributed by atoms with Gasteiger partial charge >= 0.3 is 0 Å². The molecule has 0 spiro atoms. The maximum absolute atomic E-state index is 9.20. The van der Waals surface area contributed by atoms with E-state index in [0.717, 1.165) is 24.8 Å². The minimum absolute atomic E-state index is 0.141. The first kappa shape index (κ1) is 12.0. The number of piperidine rings is 1. The van der Waals surface area contributed by atoms with Gasteiger partial charge in [-0.05, 0) is 51.1 Å². The topological polar surface area (TPSA) is 23.5 Å². The maximum atomic E-state index is 9.20. The molecular formula is C12H25NO. The molecule has 0 aromatic carbocycles. The zero-order chi connectivity index (χ0) is 10.6. The van der Waals surface area contributed by atoms with Crippen LogP contribution < -0.4 is 0 Å². The predicted molar refractivity (Wildman–Crippen MR) is 60.3 cm³/mol. The second kappa shape index (κ2) is 5.72. The number of aliphatic hydroxyl groups is 1. The lowest BCUT2D eigenvalue weighted by atomic mass is 9.87. The summed E-state index contributed by atoms with van der Waals surface area (Å²) in [4.78, 5) is 2.49. The number of likely N-dealkylation sites (tertiary alicyclic amines) is 1. The first-order valence-electron chi connectivity index (χ1n) is 6.00. The lowest BCUT2D eigenvalue weighted by Gasteiger charge is -2.34. The Bertz CT molecular complexity index is 148. The molecule has 0 aromatic heterocycles. The quantitative estimate of drug-likeness (QED) is 0.749. The van der Waals surface area contributed by atoms with Gasteiger partial charge < -0.3 is 10.0 Å². The van der Waals surface area contributed by atoms with E-state index in [1.807, 2.05) is 6.92 Å². The van der Waals surface area contributed by atoms with Gasteiger partial charge in [0.15, 0.2) is 0 Å². The van der Waals surface area contributed by atoms with E-state index in [1.165, 1.54) is 25.9 Å². The molecule has 1 aliphatic heterocycles. The molecule has 2 nitrogen and oxygen atoms in total. The molecule has 1 rings (SSSR count). The van der Waals surface area contributed by atoms with Gasteiger partial charge in [-0.1, -0.05) is 13.8 Å². The van der Waals surface area contributed by atoms with Crippen molar-refractivity contribution in [2.75, 3.05) is 19.6 Å². The maximum Gasteiger partial charge on any atom is 0.0524 e. The van der Waals surface area contributed by atoms with Crippen LogP contribution in [0.3, 0.4) is 0 Å². The average Bonchev–Trinajstić information content (AvgIpc) is 2.15. The Morgan fingerprint density at radius 3 is 2.21 bits per heavy atom. The number of rotatable bonds is 4. The summed E-state index contributed by atoms with van der Waals surface area (Å²) >= 11 is 0. The summed E-state index contributed by atoms with van der Waals surface area (Å²) in [7, 11) is 0. The molecule has 14 heavy (non-hydrogen) atoms. The van der Waals surface area contributed by atoms with Gasteiger partial charge in [0.25, 0.3) is 0 Å². The van der Waals surface area contributed by atoms with Gasteiger partial charge in [0.05, 0.1) is 6.10 Å². The highest BCUT2D eigenvalue weighted by Crippen LogP contribution is 2.24. The normalized spacial score (nSPS) is 22.9. The van der Waals surface area contributed by atoms with E-state index < -0.39 is 0 Å².